The van der Waals surface area contributed by atoms with E-state index in [0.717, 1.165) is 25.1 Å². The second-order valence-corrected chi connectivity index (χ2v) is 11.4. The smallest absolute Gasteiger partial charge is 0.263 e. The summed E-state index contributed by atoms with van der Waals surface area (Å²) < 4.78 is 27.5. The maximum atomic E-state index is 13.3. The molecule has 0 saturated carbocycles. The van der Waals surface area contributed by atoms with Crippen LogP contribution in [0.25, 0.3) is 0 Å². The summed E-state index contributed by atoms with van der Waals surface area (Å²) >= 11 is 0. The number of nitrogens with one attached hydrogen (secondary N) is 2. The Bertz CT molecular complexity index is 1190. The third-order valence-corrected chi connectivity index (χ3v) is 8.67. The fraction of sp³-hybridized carbons (Fsp3) is 0.481. The highest BCUT2D eigenvalue weighted by molar-refractivity contribution is 7.90. The molecule has 2 heterocycles. The lowest BCUT2D eigenvalue weighted by Crippen LogP contribution is -2.39. The Labute approximate surface area is 209 Å². The maximum Gasteiger partial charge on any atom is 0.263 e. The second-order valence-electron chi connectivity index (χ2n) is 9.71. The zero-order chi connectivity index (χ0) is 25.0. The van der Waals surface area contributed by atoms with Crippen molar-refractivity contribution >= 4 is 21.8 Å². The summed E-state index contributed by atoms with van der Waals surface area (Å²) in [7, 11) is -3.66. The Kier molecular flexibility index (Phi) is 7.91. The van der Waals surface area contributed by atoms with Gasteiger partial charge < -0.3 is 5.32 Å². The molecule has 2 aromatic carbocycles. The van der Waals surface area contributed by atoms with Gasteiger partial charge in [0.25, 0.3) is 10.0 Å². The van der Waals surface area contributed by atoms with Crippen LogP contribution < -0.4 is 10.0 Å². The number of carbonyl (C=O) groups is 1. The van der Waals surface area contributed by atoms with Crippen molar-refractivity contribution in [2.24, 2.45) is 10.9 Å². The van der Waals surface area contributed by atoms with Gasteiger partial charge in [-0.2, -0.15) is 0 Å². The minimum absolute atomic E-state index is 0.0517. The molecule has 2 N–H and O–H groups in total. The molecule has 4 rings (SSSR count). The average Bonchev–Trinajstić information content (AvgIpc) is 3.12. The number of amidine groups is 1. The van der Waals surface area contributed by atoms with Crippen molar-refractivity contribution in [2.75, 3.05) is 6.54 Å². The maximum absolute atomic E-state index is 13.3. The Balaban J connectivity index is 1.51. The summed E-state index contributed by atoms with van der Waals surface area (Å²) in [6.45, 7) is 8.66. The van der Waals surface area contributed by atoms with Gasteiger partial charge in [-0.05, 0) is 55.5 Å². The van der Waals surface area contributed by atoms with Gasteiger partial charge in [0.1, 0.15) is 11.9 Å². The van der Waals surface area contributed by atoms with E-state index >= 15 is 0 Å². The van der Waals surface area contributed by atoms with Crippen LogP contribution in [0.5, 0.6) is 0 Å². The van der Waals surface area contributed by atoms with Gasteiger partial charge in [0.15, 0.2) is 0 Å². The summed E-state index contributed by atoms with van der Waals surface area (Å²) in [4.78, 5) is 20.7. The lowest BCUT2D eigenvalue weighted by atomic mass is 9.98. The Morgan fingerprint density at radius 3 is 2.60 bits per heavy atom. The summed E-state index contributed by atoms with van der Waals surface area (Å²) in [5.74, 6) is -0.0127. The number of nitrogens with zero attached hydrogens (tertiary/aromatic N) is 2. The third kappa shape index (κ3) is 5.76. The van der Waals surface area contributed by atoms with E-state index in [1.807, 2.05) is 26.0 Å². The van der Waals surface area contributed by atoms with E-state index in [4.69, 9.17) is 0 Å². The molecule has 1 unspecified atom stereocenters. The molecule has 2 aromatic rings. The number of piperidine rings is 1. The molecule has 0 bridgehead atoms. The zero-order valence-electron chi connectivity index (χ0n) is 20.8. The van der Waals surface area contributed by atoms with Crippen LogP contribution >= 0.6 is 0 Å². The largest absolute Gasteiger partial charge is 0.350 e. The minimum Gasteiger partial charge on any atom is -0.350 e. The number of likely N-dealkylation sites (tertiary alicyclic amines) is 1. The van der Waals surface area contributed by atoms with E-state index in [-0.39, 0.29) is 22.6 Å². The molecule has 2 aliphatic heterocycles. The van der Waals surface area contributed by atoms with E-state index in [1.54, 1.807) is 24.3 Å². The first-order valence-electron chi connectivity index (χ1n) is 12.6. The molecular weight excluding hydrogens is 460 g/mol. The summed E-state index contributed by atoms with van der Waals surface area (Å²) in [6.07, 6.45) is 4.48. The van der Waals surface area contributed by atoms with Crippen molar-refractivity contribution in [2.45, 2.75) is 76.5 Å². The van der Waals surface area contributed by atoms with Crippen LogP contribution in [0.4, 0.5) is 0 Å². The number of fused-ring (bicyclic) bond motifs is 1. The Morgan fingerprint density at radius 2 is 1.86 bits per heavy atom. The van der Waals surface area contributed by atoms with Gasteiger partial charge in [-0.3, -0.25) is 19.4 Å². The normalized spacial score (nSPS) is 22.3. The van der Waals surface area contributed by atoms with Crippen molar-refractivity contribution in [3.05, 3.63) is 65.2 Å². The first-order chi connectivity index (χ1) is 16.8. The number of aliphatic imine (C=N–C) groups is 1. The first-order valence-corrected chi connectivity index (χ1v) is 14.1. The molecule has 0 aliphatic carbocycles. The molecule has 8 heteroatoms. The predicted octanol–water partition coefficient (Wildman–Crippen LogP) is 3.83. The molecule has 1 amide bonds. The number of hydrogen-bond acceptors (Lipinski definition) is 5. The van der Waals surface area contributed by atoms with Crippen LogP contribution in [-0.4, -0.2) is 43.7 Å². The van der Waals surface area contributed by atoms with E-state index in [2.05, 4.69) is 39.0 Å². The van der Waals surface area contributed by atoms with Gasteiger partial charge in [0.05, 0.1) is 4.90 Å². The standard InChI is InChI=1S/C27H36N4O3S/c1-4-19(2)25(29-26-23-14-7-8-15-24(23)35(33,34)30-26)27(32)28-17-21-12-5-6-13-22(21)18-31-16-10-9-11-20(31)3/h5-8,12-15,19-20,25H,4,9-11,16-18H2,1-3H3,(H,28,32)(H,29,30)/t19-,20?,25-/m0/s1. The highest BCUT2D eigenvalue weighted by Gasteiger charge is 2.33. The highest BCUT2D eigenvalue weighted by Crippen LogP contribution is 2.24. The summed E-state index contributed by atoms with van der Waals surface area (Å²) in [5.41, 5.74) is 2.83. The van der Waals surface area contributed by atoms with Gasteiger partial charge in [0.2, 0.25) is 5.91 Å². The molecule has 188 valence electrons. The number of amides is 1. The van der Waals surface area contributed by atoms with Crippen LogP contribution in [0, 0.1) is 5.92 Å². The number of sulfonamides is 1. The van der Waals surface area contributed by atoms with Crippen molar-refractivity contribution < 1.29 is 13.2 Å². The lowest BCUT2D eigenvalue weighted by Gasteiger charge is -2.33. The molecular formula is C27H36N4O3S. The van der Waals surface area contributed by atoms with Crippen molar-refractivity contribution in [1.29, 1.82) is 0 Å². The SMILES string of the molecule is CC[C@H](C)[C@H](N=C1NS(=O)(=O)c2ccccc21)C(=O)NCc1ccccc1CN1CCCCC1C. The second kappa shape index (κ2) is 10.9. The first kappa shape index (κ1) is 25.4. The number of carbonyl (C=O) groups excluding carboxylic acids is 1. The molecule has 1 saturated heterocycles. The highest BCUT2D eigenvalue weighted by atomic mass is 32.2. The quantitative estimate of drug-likeness (QED) is 0.581. The minimum atomic E-state index is -3.66. The topological polar surface area (TPSA) is 90.9 Å². The van der Waals surface area contributed by atoms with Crippen molar-refractivity contribution in [3.63, 3.8) is 0 Å². The van der Waals surface area contributed by atoms with Crippen LogP contribution in [-0.2, 0) is 27.9 Å². The van der Waals surface area contributed by atoms with Crippen molar-refractivity contribution in [3.8, 4) is 0 Å². The monoisotopic (exact) mass is 496 g/mol. The number of hydrogen-bond donors (Lipinski definition) is 2. The van der Waals surface area contributed by atoms with Crippen LogP contribution in [0.3, 0.4) is 0 Å². The van der Waals surface area contributed by atoms with Crippen LogP contribution in [0.2, 0.25) is 0 Å². The van der Waals surface area contributed by atoms with E-state index in [0.29, 0.717) is 18.2 Å². The van der Waals surface area contributed by atoms with E-state index in [9.17, 15) is 13.2 Å². The summed E-state index contributed by atoms with van der Waals surface area (Å²) in [6, 6.07) is 14.8. The molecule has 7 nitrogen and oxygen atoms in total. The lowest BCUT2D eigenvalue weighted by molar-refractivity contribution is -0.123. The Hall–Kier alpha value is -2.71. The Morgan fingerprint density at radius 1 is 1.14 bits per heavy atom. The van der Waals surface area contributed by atoms with Crippen molar-refractivity contribution in [1.82, 2.24) is 14.9 Å². The number of benzene rings is 2. The predicted molar refractivity (Wildman–Crippen MR) is 139 cm³/mol. The molecule has 0 spiro atoms. The van der Waals surface area contributed by atoms with Gasteiger partial charge in [-0.25, -0.2) is 8.42 Å². The third-order valence-electron chi connectivity index (χ3n) is 7.27. The molecule has 2 aliphatic rings. The fourth-order valence-electron chi connectivity index (χ4n) is 4.82. The molecule has 35 heavy (non-hydrogen) atoms. The van der Waals surface area contributed by atoms with E-state index < -0.39 is 16.1 Å². The molecule has 0 radical (unpaired) electrons. The molecule has 3 atom stereocenters. The number of rotatable bonds is 8. The van der Waals surface area contributed by atoms with Gasteiger partial charge >= 0.3 is 0 Å². The molecule has 1 fully saturated rings. The zero-order valence-corrected chi connectivity index (χ0v) is 21.6. The van der Waals surface area contributed by atoms with Crippen LogP contribution in [0.1, 0.15) is 63.1 Å². The van der Waals surface area contributed by atoms with Gasteiger partial charge in [-0.1, -0.05) is 63.1 Å². The molecule has 0 aromatic heterocycles. The van der Waals surface area contributed by atoms with E-state index in [1.165, 1.54) is 24.8 Å². The average molecular weight is 497 g/mol. The fourth-order valence-corrected chi connectivity index (χ4v) is 6.06. The summed E-state index contributed by atoms with van der Waals surface area (Å²) in [5, 5.41) is 3.08. The van der Waals surface area contributed by atoms with Crippen LogP contribution in [0.15, 0.2) is 58.4 Å². The van der Waals surface area contributed by atoms with Gasteiger partial charge in [-0.15, -0.1) is 0 Å². The van der Waals surface area contributed by atoms with Gasteiger partial charge in [0, 0.05) is 24.7 Å².